The largest absolute Gasteiger partial charge is 0.493 e. The second kappa shape index (κ2) is 33.3. The van der Waals surface area contributed by atoms with Crippen molar-refractivity contribution >= 4 is 57.9 Å². The molecule has 5 atom stereocenters. The van der Waals surface area contributed by atoms with Crippen LogP contribution < -0.4 is 29.9 Å². The molecule has 3 N–H and O–H groups in total. The number of aryl methyl sites for hydroxylation is 1. The Balaban J connectivity index is 0.595. The van der Waals surface area contributed by atoms with E-state index in [1.54, 1.807) is 18.4 Å². The van der Waals surface area contributed by atoms with Crippen molar-refractivity contribution in [2.45, 2.75) is 136 Å². The number of piperazine rings is 1. The van der Waals surface area contributed by atoms with Gasteiger partial charge in [0.1, 0.15) is 17.1 Å². The molecular formula is C71H97ClN8O11S. The van der Waals surface area contributed by atoms with Crippen LogP contribution in [0.25, 0.3) is 10.6 Å². The van der Waals surface area contributed by atoms with Gasteiger partial charge in [-0.05, 0) is 135 Å². The first-order chi connectivity index (χ1) is 44.2. The highest BCUT2D eigenvalue weighted by atomic mass is 35.5. The number of ether oxygens (including phenoxy) is 6. The minimum atomic E-state index is -0.929. The predicted octanol–water partition coefficient (Wildman–Crippen LogP) is 9.69. The van der Waals surface area contributed by atoms with E-state index in [2.05, 4.69) is 61.6 Å². The number of rotatable bonds is 30. The summed E-state index contributed by atoms with van der Waals surface area (Å²) in [4.78, 5) is 70.5. The zero-order chi connectivity index (χ0) is 65.5. The van der Waals surface area contributed by atoms with Crippen LogP contribution >= 0.6 is 22.9 Å². The first-order valence-corrected chi connectivity index (χ1v) is 34.1. The number of carbonyl (C=O) groups excluding carboxylic acids is 4. The van der Waals surface area contributed by atoms with E-state index in [0.29, 0.717) is 74.7 Å². The summed E-state index contributed by atoms with van der Waals surface area (Å²) in [7, 11) is 3.81. The van der Waals surface area contributed by atoms with Crippen molar-refractivity contribution in [2.75, 3.05) is 123 Å². The predicted molar refractivity (Wildman–Crippen MR) is 361 cm³/mol. The summed E-state index contributed by atoms with van der Waals surface area (Å²) in [5, 5.41) is 20.2. The molecule has 4 aliphatic rings. The van der Waals surface area contributed by atoms with Crippen molar-refractivity contribution in [1.82, 2.24) is 30.3 Å². The molecule has 500 valence electrons. The van der Waals surface area contributed by atoms with Gasteiger partial charge < -0.3 is 58.9 Å². The average Bonchev–Trinajstić information content (AvgIpc) is 1.29. The lowest BCUT2D eigenvalue weighted by Crippen LogP contribution is -2.58. The Morgan fingerprint density at radius 2 is 1.45 bits per heavy atom. The standard InChI is InChI=1S/C71H97ClN8O11S/c1-47(2)91-63-43-60-54(40-62(63)86-9)41-65(83)80(66(60)52-16-18-55(72)19-17-52)58-24-22-56(23-25-58)76(8)44-50-10-20-57(21-11-50)78-29-27-77(28-30-78)31-33-88-35-37-90-39-38-89-36-34-87-32-26-64(82)75-67(71(5,6)7)70(85)79-45-59(81)42-61(79)68(84)74-49(4)51-12-14-53(15-13-51)69-73-48(3)46-92-69/h12-19,22-25,40,43,46-47,49-50,57,59,61,66-67,81H,10-11,20-21,26-39,41-42,44-45H2,1-9H3,(H,74,84)(H,75,82)/t49-,50-,57-,59+,61-,66-,67+/m0/s1. The summed E-state index contributed by atoms with van der Waals surface area (Å²) in [6, 6.07) is 26.2. The third-order valence-electron chi connectivity index (χ3n) is 18.0. The van der Waals surface area contributed by atoms with Crippen molar-refractivity contribution in [3.05, 3.63) is 123 Å². The Morgan fingerprint density at radius 3 is 2.05 bits per heavy atom. The molecule has 2 saturated heterocycles. The summed E-state index contributed by atoms with van der Waals surface area (Å²) in [5.41, 5.74) is 7.06. The highest BCUT2D eigenvalue weighted by Gasteiger charge is 2.45. The molecule has 4 amide bonds. The van der Waals surface area contributed by atoms with Crippen molar-refractivity contribution in [3.63, 3.8) is 0 Å². The fourth-order valence-corrected chi connectivity index (χ4v) is 13.9. The molecule has 1 aromatic heterocycles. The fourth-order valence-electron chi connectivity index (χ4n) is 13.0. The van der Waals surface area contributed by atoms with E-state index < -0.39 is 29.5 Å². The smallest absolute Gasteiger partial charge is 0.246 e. The molecular weight excluding hydrogens is 1210 g/mol. The van der Waals surface area contributed by atoms with Gasteiger partial charge in [0.05, 0.1) is 90.7 Å². The number of halogens is 1. The maximum absolute atomic E-state index is 14.1. The molecule has 92 heavy (non-hydrogen) atoms. The zero-order valence-corrected chi connectivity index (χ0v) is 56.9. The molecule has 19 nitrogen and oxygen atoms in total. The lowest BCUT2D eigenvalue weighted by atomic mass is 9.84. The summed E-state index contributed by atoms with van der Waals surface area (Å²) >= 11 is 7.94. The molecule has 3 aliphatic heterocycles. The van der Waals surface area contributed by atoms with E-state index in [0.717, 1.165) is 89.2 Å². The van der Waals surface area contributed by atoms with E-state index in [1.165, 1.54) is 30.6 Å². The molecule has 21 heteroatoms. The van der Waals surface area contributed by atoms with Crippen LogP contribution in [0.4, 0.5) is 11.4 Å². The molecule has 9 rings (SSSR count). The van der Waals surface area contributed by atoms with Gasteiger partial charge >= 0.3 is 0 Å². The molecule has 0 unspecified atom stereocenters. The van der Waals surface area contributed by atoms with Crippen LogP contribution in [-0.4, -0.2) is 192 Å². The number of fused-ring (bicyclic) bond motifs is 1. The van der Waals surface area contributed by atoms with Gasteiger partial charge in [0, 0.05) is 105 Å². The van der Waals surface area contributed by atoms with E-state index in [1.807, 2.05) is 119 Å². The molecule has 5 aromatic rings. The third kappa shape index (κ3) is 19.0. The van der Waals surface area contributed by atoms with E-state index in [-0.39, 0.29) is 68.3 Å². The van der Waals surface area contributed by atoms with Crippen molar-refractivity contribution in [2.24, 2.45) is 11.3 Å². The lowest BCUT2D eigenvalue weighted by molar-refractivity contribution is -0.144. The maximum atomic E-state index is 14.1. The second-order valence-corrected chi connectivity index (χ2v) is 27.6. The summed E-state index contributed by atoms with van der Waals surface area (Å²) in [5.74, 6) is 0.791. The molecule has 0 spiro atoms. The second-order valence-electron chi connectivity index (χ2n) is 26.3. The monoisotopic (exact) mass is 1300 g/mol. The number of aliphatic hydroxyl groups is 1. The van der Waals surface area contributed by atoms with Gasteiger partial charge in [0.15, 0.2) is 11.5 Å². The first-order valence-electron chi connectivity index (χ1n) is 32.9. The molecule has 1 saturated carbocycles. The van der Waals surface area contributed by atoms with Gasteiger partial charge in [0.2, 0.25) is 23.6 Å². The van der Waals surface area contributed by atoms with Crippen LogP contribution in [0.5, 0.6) is 11.5 Å². The van der Waals surface area contributed by atoms with Crippen LogP contribution in [0, 0.1) is 18.3 Å². The molecule has 4 aromatic carbocycles. The lowest BCUT2D eigenvalue weighted by Gasteiger charge is -2.42. The summed E-state index contributed by atoms with van der Waals surface area (Å²) < 4.78 is 34.9. The Morgan fingerprint density at radius 1 is 0.804 bits per heavy atom. The van der Waals surface area contributed by atoms with Crippen molar-refractivity contribution in [1.29, 1.82) is 0 Å². The number of amides is 4. The van der Waals surface area contributed by atoms with Gasteiger partial charge in [-0.1, -0.05) is 68.8 Å². The summed E-state index contributed by atoms with van der Waals surface area (Å²) in [6.45, 7) is 22.8. The number of carbonyl (C=O) groups is 4. The van der Waals surface area contributed by atoms with Gasteiger partial charge in [-0.15, -0.1) is 11.3 Å². The highest BCUT2D eigenvalue weighted by Crippen LogP contribution is 2.44. The topological polar surface area (TPSA) is 197 Å². The highest BCUT2D eigenvalue weighted by molar-refractivity contribution is 7.13. The zero-order valence-electron chi connectivity index (χ0n) is 55.3. The van der Waals surface area contributed by atoms with Gasteiger partial charge in [-0.2, -0.15) is 0 Å². The number of hydrogen-bond acceptors (Lipinski definition) is 16. The SMILES string of the molecule is COc1cc2c(cc1OC(C)C)[C@H](c1ccc(Cl)cc1)N(c1ccc(N(C)C[C@H]3CC[C@H](N4CCN(CCOCCOCCOCCOCCC(=O)N[C@H](C(=O)N5C[C@H](O)C[C@H]5C(=O)N[C@@H](C)c5ccc(-c6nc(C)cs6)cc5)C(C)(C)C)CC4)CC3)cc1)C(=O)C2. The van der Waals surface area contributed by atoms with E-state index in [9.17, 15) is 24.3 Å². The Hall–Kier alpha value is -6.20. The number of methoxy groups -OCH3 is 1. The van der Waals surface area contributed by atoms with Crippen LogP contribution in [-0.2, 0) is 44.5 Å². The number of benzene rings is 4. The first kappa shape index (κ1) is 70.1. The fraction of sp³-hybridized carbons (Fsp3) is 0.563. The van der Waals surface area contributed by atoms with Crippen molar-refractivity contribution < 1.29 is 52.7 Å². The number of nitrogens with one attached hydrogen (secondary N) is 2. The number of anilines is 2. The number of likely N-dealkylation sites (tertiary alicyclic amines) is 1. The van der Waals surface area contributed by atoms with E-state index in [4.69, 9.17) is 40.0 Å². The Kier molecular flexibility index (Phi) is 25.4. The third-order valence-corrected chi connectivity index (χ3v) is 19.3. The Labute approximate surface area is 553 Å². The summed E-state index contributed by atoms with van der Waals surface area (Å²) in [6.07, 6.45) is 4.34. The van der Waals surface area contributed by atoms with Crippen LogP contribution in [0.3, 0.4) is 0 Å². The van der Waals surface area contributed by atoms with E-state index >= 15 is 0 Å². The normalized spacial score (nSPS) is 20.4. The Bertz CT molecular complexity index is 3180. The van der Waals surface area contributed by atoms with Crippen LogP contribution in [0.2, 0.25) is 5.02 Å². The maximum Gasteiger partial charge on any atom is 0.246 e. The number of aromatic nitrogens is 1. The number of thiazole rings is 1. The van der Waals surface area contributed by atoms with Crippen molar-refractivity contribution in [3.8, 4) is 22.1 Å². The number of hydrogen-bond donors (Lipinski definition) is 3. The average molecular weight is 1310 g/mol. The van der Waals surface area contributed by atoms with Gasteiger partial charge in [-0.3, -0.25) is 29.0 Å². The molecule has 4 heterocycles. The molecule has 3 fully saturated rings. The number of nitrogens with zero attached hydrogens (tertiary/aromatic N) is 6. The minimum Gasteiger partial charge on any atom is -0.493 e. The van der Waals surface area contributed by atoms with Crippen LogP contribution in [0.15, 0.2) is 90.3 Å². The molecule has 0 bridgehead atoms. The number of aliphatic hydroxyl groups excluding tert-OH is 1. The molecule has 1 aliphatic carbocycles. The van der Waals surface area contributed by atoms with Crippen LogP contribution in [0.1, 0.15) is 120 Å². The minimum absolute atomic E-state index is 0.00517. The van der Waals surface area contributed by atoms with Gasteiger partial charge in [0.25, 0.3) is 0 Å². The quantitative estimate of drug-likeness (QED) is 0.0367. The number of β-amino-alcohol motifs (C(OH)–C–C–N with tert-alkyl or cyclic N) is 1. The van der Waals surface area contributed by atoms with Gasteiger partial charge in [-0.25, -0.2) is 4.98 Å². The molecule has 0 radical (unpaired) electrons.